The fourth-order valence-corrected chi connectivity index (χ4v) is 7.83. The highest BCUT2D eigenvalue weighted by Crippen LogP contribution is 2.28. The third-order valence-corrected chi connectivity index (χ3v) is 11.7. The molecule has 0 saturated carbocycles. The zero-order chi connectivity index (χ0) is 53.1. The number of piperazine rings is 2. The van der Waals surface area contributed by atoms with Crippen molar-refractivity contribution in [3.8, 4) is 57.2 Å². The van der Waals surface area contributed by atoms with Gasteiger partial charge in [0.05, 0.1) is 13.1 Å². The van der Waals surface area contributed by atoms with Crippen LogP contribution in [-0.2, 0) is 13.1 Å². The lowest BCUT2D eigenvalue weighted by Gasteiger charge is -2.33. The Labute approximate surface area is 428 Å². The number of halogens is 7. The van der Waals surface area contributed by atoms with E-state index >= 15 is 0 Å². The normalized spacial score (nSPS) is 14.3. The number of nitrogens with zero attached hydrogens (tertiary/aromatic N) is 11. The molecular formula is C50H47ClF6N12O6. The van der Waals surface area contributed by atoms with E-state index in [2.05, 4.69) is 73.8 Å². The number of hydrogen-bond acceptors (Lipinski definition) is 16. The van der Waals surface area contributed by atoms with Crippen LogP contribution in [0.3, 0.4) is 0 Å². The first-order valence-electron chi connectivity index (χ1n) is 23.1. The third-order valence-electron chi connectivity index (χ3n) is 11.5. The third kappa shape index (κ3) is 15.1. The van der Waals surface area contributed by atoms with E-state index in [0.29, 0.717) is 22.8 Å². The number of hydrogen-bond donors (Lipinski definition) is 1. The molecule has 18 nitrogen and oxygen atoms in total. The van der Waals surface area contributed by atoms with E-state index in [1.165, 1.54) is 48.0 Å². The predicted octanol–water partition coefficient (Wildman–Crippen LogP) is 7.74. The smallest absolute Gasteiger partial charge is 0.406 e. The Hall–Kier alpha value is -7.93. The molecule has 0 radical (unpaired) electrons. The zero-order valence-corrected chi connectivity index (χ0v) is 40.9. The summed E-state index contributed by atoms with van der Waals surface area (Å²) in [6.07, 6.45) is -2.99. The summed E-state index contributed by atoms with van der Waals surface area (Å²) in [4.78, 5) is 49.7. The fourth-order valence-electron chi connectivity index (χ4n) is 7.64. The molecule has 2 aliphatic rings. The highest BCUT2D eigenvalue weighted by Gasteiger charge is 2.32. The van der Waals surface area contributed by atoms with Crippen molar-refractivity contribution in [3.05, 3.63) is 159 Å². The molecule has 1 N–H and O–H groups in total. The minimum absolute atomic E-state index is 0.0119. The fraction of sp³-hybridized carbons (Fsp3) is 0.280. The lowest BCUT2D eigenvalue weighted by Crippen LogP contribution is -2.44. The highest BCUT2D eigenvalue weighted by molar-refractivity contribution is 6.29. The van der Waals surface area contributed by atoms with Gasteiger partial charge in [-0.15, -0.1) is 26.3 Å². The van der Waals surface area contributed by atoms with Crippen LogP contribution in [0.2, 0.25) is 5.15 Å². The molecule has 0 bridgehead atoms. The molecule has 0 spiro atoms. The maximum absolute atomic E-state index is 13.2. The van der Waals surface area contributed by atoms with Crippen molar-refractivity contribution in [2.45, 2.75) is 25.8 Å². The van der Waals surface area contributed by atoms with E-state index in [9.17, 15) is 35.9 Å². The van der Waals surface area contributed by atoms with Crippen LogP contribution in [0.5, 0.6) is 11.5 Å². The summed E-state index contributed by atoms with van der Waals surface area (Å²) in [7, 11) is 4.25. The standard InChI is InChI=1S/C25H23F3N6O3.C20H12ClF3N4O3.C5H12N2/c1-32-11-13-33(14-12-32)21-15-17(8-9-29-21)16-34-10-2-3-20(24(34)35)23-30-22(31-37-23)18-4-6-19(7-5-18)36-25(26,27)28;21-16-10-12(7-8-25-16)11-28-9-1-2-15(19(28)29)18-26-17(27-31-18)13-3-5-14(6-4-13)30-20(22,23)24;1-7-4-2-6-3-5-7/h2-10,15H,11-14,16H2,1H3;1-10H,11H2;6H,2-5H2,1H3. The van der Waals surface area contributed by atoms with Gasteiger partial charge in [0.15, 0.2) is 0 Å². The van der Waals surface area contributed by atoms with Gasteiger partial charge < -0.3 is 47.7 Å². The molecule has 6 aromatic heterocycles. The van der Waals surface area contributed by atoms with Crippen molar-refractivity contribution in [2.24, 2.45) is 0 Å². The van der Waals surface area contributed by atoms with E-state index in [1.54, 1.807) is 59.7 Å². The van der Waals surface area contributed by atoms with Gasteiger partial charge in [-0.3, -0.25) is 9.59 Å². The first kappa shape index (κ1) is 53.4. The van der Waals surface area contributed by atoms with E-state index in [4.69, 9.17) is 20.6 Å². The van der Waals surface area contributed by atoms with Gasteiger partial charge >= 0.3 is 12.7 Å². The van der Waals surface area contributed by atoms with Crippen LogP contribution in [0.1, 0.15) is 11.1 Å². The molecule has 8 heterocycles. The van der Waals surface area contributed by atoms with E-state index < -0.39 is 12.7 Å². The molecule has 2 saturated heterocycles. The van der Waals surface area contributed by atoms with Crippen LogP contribution < -0.4 is 30.8 Å². The van der Waals surface area contributed by atoms with E-state index in [0.717, 1.165) is 80.5 Å². The molecule has 0 aliphatic carbocycles. The molecule has 392 valence electrons. The van der Waals surface area contributed by atoms with Gasteiger partial charge in [-0.1, -0.05) is 21.9 Å². The Balaban J connectivity index is 0.000000178. The van der Waals surface area contributed by atoms with Crippen molar-refractivity contribution < 1.29 is 44.9 Å². The molecule has 2 fully saturated rings. The second kappa shape index (κ2) is 24.0. The molecule has 0 amide bonds. The largest absolute Gasteiger partial charge is 0.573 e. The number of rotatable bonds is 11. The van der Waals surface area contributed by atoms with Crippen LogP contribution in [-0.4, -0.2) is 128 Å². The second-order valence-corrected chi connectivity index (χ2v) is 17.4. The lowest BCUT2D eigenvalue weighted by atomic mass is 10.2. The Kier molecular flexibility index (Phi) is 17.0. The summed E-state index contributed by atoms with van der Waals surface area (Å²) in [5, 5.41) is 11.3. The number of anilines is 1. The lowest BCUT2D eigenvalue weighted by molar-refractivity contribution is -0.275. The first-order chi connectivity index (χ1) is 35.9. The summed E-state index contributed by atoms with van der Waals surface area (Å²) in [6.45, 7) is 9.04. The zero-order valence-electron chi connectivity index (χ0n) is 40.1. The van der Waals surface area contributed by atoms with E-state index in [-0.39, 0.29) is 63.7 Å². The van der Waals surface area contributed by atoms with Crippen molar-refractivity contribution in [1.82, 2.24) is 54.5 Å². The molecular weight excluding hydrogens is 1010 g/mol. The molecule has 10 rings (SSSR count). The summed E-state index contributed by atoms with van der Waals surface area (Å²) < 4.78 is 95.2. The van der Waals surface area contributed by atoms with Crippen molar-refractivity contribution in [1.29, 1.82) is 0 Å². The Bertz CT molecular complexity index is 3260. The van der Waals surface area contributed by atoms with Crippen LogP contribution in [0.25, 0.3) is 45.7 Å². The van der Waals surface area contributed by atoms with Gasteiger partial charge in [0, 0.05) is 88.3 Å². The summed E-state index contributed by atoms with van der Waals surface area (Å²) >= 11 is 5.89. The Morgan fingerprint density at radius 1 is 0.600 bits per heavy atom. The first-order valence-corrected chi connectivity index (χ1v) is 23.5. The summed E-state index contributed by atoms with van der Waals surface area (Å²) in [5.74, 6) is 0.386. The quantitative estimate of drug-likeness (QED) is 0.0978. The molecule has 25 heteroatoms. The topological polar surface area (TPSA) is 188 Å². The van der Waals surface area contributed by atoms with Gasteiger partial charge in [0.2, 0.25) is 11.6 Å². The molecule has 0 unspecified atom stereocenters. The van der Waals surface area contributed by atoms with Crippen LogP contribution in [0.4, 0.5) is 32.2 Å². The van der Waals surface area contributed by atoms with Crippen molar-refractivity contribution in [2.75, 3.05) is 71.4 Å². The van der Waals surface area contributed by atoms with E-state index in [1.807, 2.05) is 12.1 Å². The van der Waals surface area contributed by atoms with Gasteiger partial charge in [-0.05, 0) is 122 Å². The summed E-state index contributed by atoms with van der Waals surface area (Å²) in [5.41, 5.74) is 2.23. The second-order valence-electron chi connectivity index (χ2n) is 17.1. The molecule has 0 atom stereocenters. The number of benzene rings is 2. The number of alkyl halides is 6. The molecule has 2 aliphatic heterocycles. The Morgan fingerprint density at radius 3 is 1.49 bits per heavy atom. The maximum Gasteiger partial charge on any atom is 0.573 e. The monoisotopic (exact) mass is 1060 g/mol. The van der Waals surface area contributed by atoms with Gasteiger partial charge in [-0.25, -0.2) is 9.97 Å². The number of pyridine rings is 4. The average Bonchev–Trinajstić information content (AvgIpc) is 4.08. The van der Waals surface area contributed by atoms with Crippen LogP contribution in [0, 0.1) is 0 Å². The SMILES string of the molecule is CN1CCN(c2cc(Cn3cccc(-c4nc(-c5ccc(OC(F)(F)F)cc5)no4)c3=O)ccn2)CC1.CN1CCNCC1.O=c1c(-c2nc(-c3ccc(OC(F)(F)F)cc3)no2)cccn1Cc1ccnc(Cl)c1. The minimum atomic E-state index is -4.78. The number of likely N-dealkylation sites (N-methyl/N-ethyl adjacent to an activating group) is 2. The van der Waals surface area contributed by atoms with Crippen molar-refractivity contribution >= 4 is 17.4 Å². The average molecular weight is 1060 g/mol. The highest BCUT2D eigenvalue weighted by atomic mass is 35.5. The van der Waals surface area contributed by atoms with Crippen LogP contribution in [0.15, 0.2) is 140 Å². The maximum atomic E-state index is 13.2. The predicted molar refractivity (Wildman–Crippen MR) is 264 cm³/mol. The number of ether oxygens (including phenoxy) is 2. The molecule has 2 aromatic carbocycles. The number of aromatic nitrogens is 8. The molecule has 75 heavy (non-hydrogen) atoms. The van der Waals surface area contributed by atoms with Gasteiger partial charge in [0.1, 0.15) is 33.6 Å². The number of nitrogens with one attached hydrogen (secondary N) is 1. The van der Waals surface area contributed by atoms with Crippen LogP contribution >= 0.6 is 11.6 Å². The Morgan fingerprint density at radius 2 is 1.05 bits per heavy atom. The van der Waals surface area contributed by atoms with Gasteiger partial charge in [-0.2, -0.15) is 9.97 Å². The van der Waals surface area contributed by atoms with Crippen molar-refractivity contribution in [3.63, 3.8) is 0 Å². The minimum Gasteiger partial charge on any atom is -0.406 e. The molecule has 8 aromatic rings. The summed E-state index contributed by atoms with van der Waals surface area (Å²) in [6, 6.07) is 23.8. The van der Waals surface area contributed by atoms with Gasteiger partial charge in [0.25, 0.3) is 22.9 Å².